The summed E-state index contributed by atoms with van der Waals surface area (Å²) in [5.74, 6) is -0.399. The Morgan fingerprint density at radius 2 is 1.67 bits per heavy atom. The van der Waals surface area contributed by atoms with Crippen LogP contribution in [-0.4, -0.2) is 65.3 Å². The van der Waals surface area contributed by atoms with Crippen molar-refractivity contribution in [3.8, 4) is 0 Å². The topological polar surface area (TPSA) is 108 Å². The van der Waals surface area contributed by atoms with Gasteiger partial charge in [0.1, 0.15) is 0 Å². The summed E-state index contributed by atoms with van der Waals surface area (Å²) in [5.41, 5.74) is 1.87. The van der Waals surface area contributed by atoms with Crippen molar-refractivity contribution in [1.29, 1.82) is 0 Å². The Kier molecular flexibility index (Phi) is 8.52. The Hall–Kier alpha value is -4.35. The summed E-state index contributed by atoms with van der Waals surface area (Å²) in [6, 6.07) is 14.3. The van der Waals surface area contributed by atoms with E-state index in [4.69, 9.17) is 9.84 Å². The monoisotopic (exact) mass is 543 g/mol. The van der Waals surface area contributed by atoms with E-state index < -0.39 is 23.8 Å². The maximum Gasteiger partial charge on any atom is 0.419 e. The predicted molar refractivity (Wildman–Crippen MR) is 138 cm³/mol. The number of aryl methyl sites for hydroxylation is 2. The van der Waals surface area contributed by atoms with Crippen LogP contribution in [-0.2, 0) is 35.0 Å². The van der Waals surface area contributed by atoms with Crippen LogP contribution in [0, 0.1) is 0 Å². The lowest BCUT2D eigenvalue weighted by Gasteiger charge is -2.34. The van der Waals surface area contributed by atoms with Crippen LogP contribution in [0.1, 0.15) is 22.4 Å². The number of carbonyl (C=O) groups is 2. The van der Waals surface area contributed by atoms with Gasteiger partial charge in [-0.25, -0.2) is 14.8 Å². The number of aromatic nitrogens is 2. The lowest BCUT2D eigenvalue weighted by atomic mass is 9.98. The molecule has 1 aliphatic heterocycles. The highest BCUT2D eigenvalue weighted by Gasteiger charge is 2.35. The zero-order valence-electron chi connectivity index (χ0n) is 21.2. The van der Waals surface area contributed by atoms with Crippen LogP contribution < -0.4 is 10.2 Å². The molecule has 3 aromatic rings. The maximum absolute atomic E-state index is 13.7. The standard InChI is InChI=1S/C27H28F3N5O4/c1-39-24(36)16-19-5-3-2-4-18(19)6-11-23-22(27(28,29)30)17-31-25(33-23)32-20-7-9-21(10-8-20)34-12-14-35(15-13-34)26(37)38/h2-5,7-10,17H,6,11-16H2,1H3,(H,37,38)(H,31,32,33). The highest BCUT2D eigenvalue weighted by Crippen LogP contribution is 2.32. The van der Waals surface area contributed by atoms with Gasteiger partial charge >= 0.3 is 18.2 Å². The second-order valence-electron chi connectivity index (χ2n) is 9.00. The fourth-order valence-corrected chi connectivity index (χ4v) is 4.40. The summed E-state index contributed by atoms with van der Waals surface area (Å²) in [4.78, 5) is 34.3. The van der Waals surface area contributed by atoms with Crippen LogP contribution >= 0.6 is 0 Å². The first-order valence-electron chi connectivity index (χ1n) is 12.3. The number of carbonyl (C=O) groups excluding carboxylic acids is 1. The summed E-state index contributed by atoms with van der Waals surface area (Å²) in [6.07, 6.45) is -4.51. The summed E-state index contributed by atoms with van der Waals surface area (Å²) in [7, 11) is 1.28. The molecule has 0 atom stereocenters. The van der Waals surface area contributed by atoms with Crippen LogP contribution in [0.5, 0.6) is 0 Å². The quantitative estimate of drug-likeness (QED) is 0.399. The Labute approximate surface area is 223 Å². The van der Waals surface area contributed by atoms with E-state index in [2.05, 4.69) is 20.2 Å². The molecule has 1 fully saturated rings. The van der Waals surface area contributed by atoms with Crippen LogP contribution in [0.4, 0.5) is 35.3 Å². The zero-order chi connectivity index (χ0) is 28.0. The number of hydrogen-bond acceptors (Lipinski definition) is 7. The van der Waals surface area contributed by atoms with Gasteiger partial charge in [-0.2, -0.15) is 13.2 Å². The molecule has 2 heterocycles. The zero-order valence-corrected chi connectivity index (χ0v) is 21.2. The molecule has 0 bridgehead atoms. The summed E-state index contributed by atoms with van der Waals surface area (Å²) >= 11 is 0. The third-order valence-corrected chi connectivity index (χ3v) is 6.52. The highest BCUT2D eigenvalue weighted by molar-refractivity contribution is 5.73. The molecule has 0 radical (unpaired) electrons. The first-order valence-corrected chi connectivity index (χ1v) is 12.3. The number of piperazine rings is 1. The van der Waals surface area contributed by atoms with Gasteiger partial charge in [-0.1, -0.05) is 24.3 Å². The van der Waals surface area contributed by atoms with Crippen molar-refractivity contribution in [2.45, 2.75) is 25.4 Å². The lowest BCUT2D eigenvalue weighted by Crippen LogP contribution is -2.48. The fraction of sp³-hybridized carbons (Fsp3) is 0.333. The normalized spacial score (nSPS) is 13.7. The third-order valence-electron chi connectivity index (χ3n) is 6.52. The molecule has 4 rings (SSSR count). The third kappa shape index (κ3) is 7.15. The number of rotatable bonds is 8. The molecule has 12 heteroatoms. The Morgan fingerprint density at radius 3 is 2.28 bits per heavy atom. The predicted octanol–water partition coefficient (Wildman–Crippen LogP) is 4.54. The number of esters is 1. The summed E-state index contributed by atoms with van der Waals surface area (Å²) < 4.78 is 45.9. The molecule has 0 spiro atoms. The van der Waals surface area contributed by atoms with E-state index >= 15 is 0 Å². The van der Waals surface area contributed by atoms with E-state index in [0.29, 0.717) is 37.4 Å². The minimum atomic E-state index is -4.62. The Balaban J connectivity index is 1.47. The van der Waals surface area contributed by atoms with E-state index in [0.717, 1.165) is 17.4 Å². The molecule has 1 amide bonds. The molecule has 0 saturated carbocycles. The number of alkyl halides is 3. The minimum absolute atomic E-state index is 0.00844. The number of benzene rings is 2. The average Bonchev–Trinajstić information content (AvgIpc) is 2.92. The Bertz CT molecular complexity index is 1310. The van der Waals surface area contributed by atoms with Gasteiger partial charge in [-0.3, -0.25) is 4.79 Å². The molecule has 0 aliphatic carbocycles. The number of methoxy groups -OCH3 is 1. The van der Waals surface area contributed by atoms with E-state index in [1.807, 2.05) is 12.1 Å². The van der Waals surface area contributed by atoms with Crippen LogP contribution in [0.25, 0.3) is 0 Å². The second kappa shape index (κ2) is 12.0. The number of nitrogens with one attached hydrogen (secondary N) is 1. The number of anilines is 3. The molecular weight excluding hydrogens is 515 g/mol. The first kappa shape index (κ1) is 27.7. The van der Waals surface area contributed by atoms with Crippen molar-refractivity contribution in [3.63, 3.8) is 0 Å². The molecule has 0 unspecified atom stereocenters. The minimum Gasteiger partial charge on any atom is -0.469 e. The number of nitrogens with zero attached hydrogens (tertiary/aromatic N) is 4. The van der Waals surface area contributed by atoms with E-state index in [1.54, 1.807) is 36.4 Å². The molecule has 1 aliphatic rings. The smallest absolute Gasteiger partial charge is 0.419 e. The molecule has 9 nitrogen and oxygen atoms in total. The van der Waals surface area contributed by atoms with E-state index in [-0.39, 0.29) is 30.9 Å². The molecule has 2 N–H and O–H groups in total. The van der Waals surface area contributed by atoms with Gasteiger partial charge in [0.2, 0.25) is 5.95 Å². The number of amides is 1. The molecular formula is C27H28F3N5O4. The number of carboxylic acid groups (broad SMARTS) is 1. The number of hydrogen-bond donors (Lipinski definition) is 2. The van der Waals surface area contributed by atoms with E-state index in [1.165, 1.54) is 12.0 Å². The molecule has 1 saturated heterocycles. The van der Waals surface area contributed by atoms with Crippen molar-refractivity contribution < 1.29 is 32.6 Å². The summed E-state index contributed by atoms with van der Waals surface area (Å²) in [6.45, 7) is 1.94. The molecule has 206 valence electrons. The first-order chi connectivity index (χ1) is 18.6. The van der Waals surface area contributed by atoms with Gasteiger partial charge in [0, 0.05) is 43.8 Å². The van der Waals surface area contributed by atoms with E-state index in [9.17, 15) is 22.8 Å². The van der Waals surface area contributed by atoms with Crippen molar-refractivity contribution in [2.24, 2.45) is 0 Å². The summed E-state index contributed by atoms with van der Waals surface area (Å²) in [5, 5.41) is 12.1. The number of ether oxygens (including phenoxy) is 1. The van der Waals surface area contributed by atoms with Crippen LogP contribution in [0.3, 0.4) is 0 Å². The average molecular weight is 544 g/mol. The van der Waals surface area contributed by atoms with Crippen molar-refractivity contribution in [1.82, 2.24) is 14.9 Å². The van der Waals surface area contributed by atoms with Gasteiger partial charge in [0.25, 0.3) is 0 Å². The SMILES string of the molecule is COC(=O)Cc1ccccc1CCc1nc(Nc2ccc(N3CCN(C(=O)O)CC3)cc2)ncc1C(F)(F)F. The van der Waals surface area contributed by atoms with Crippen LogP contribution in [0.15, 0.2) is 54.7 Å². The van der Waals surface area contributed by atoms with Crippen molar-refractivity contribution in [2.75, 3.05) is 43.5 Å². The fourth-order valence-electron chi connectivity index (χ4n) is 4.40. The largest absolute Gasteiger partial charge is 0.469 e. The van der Waals surface area contributed by atoms with Gasteiger partial charge in [-0.15, -0.1) is 0 Å². The highest BCUT2D eigenvalue weighted by atomic mass is 19.4. The maximum atomic E-state index is 13.7. The van der Waals surface area contributed by atoms with Gasteiger partial charge < -0.3 is 25.0 Å². The lowest BCUT2D eigenvalue weighted by molar-refractivity contribution is -0.140. The van der Waals surface area contributed by atoms with Gasteiger partial charge in [0.15, 0.2) is 0 Å². The molecule has 39 heavy (non-hydrogen) atoms. The van der Waals surface area contributed by atoms with Crippen LogP contribution in [0.2, 0.25) is 0 Å². The van der Waals surface area contributed by atoms with Gasteiger partial charge in [-0.05, 0) is 48.2 Å². The van der Waals surface area contributed by atoms with Gasteiger partial charge in [0.05, 0.1) is 24.8 Å². The molecule has 2 aromatic carbocycles. The van der Waals surface area contributed by atoms with Crippen molar-refractivity contribution in [3.05, 3.63) is 77.1 Å². The molecule has 1 aromatic heterocycles. The Morgan fingerprint density at radius 1 is 1.00 bits per heavy atom. The second-order valence-corrected chi connectivity index (χ2v) is 9.00. The number of halogens is 3. The van der Waals surface area contributed by atoms with Crippen molar-refractivity contribution >= 4 is 29.4 Å².